The first kappa shape index (κ1) is 19.8. The van der Waals surface area contributed by atoms with Gasteiger partial charge in [-0.1, -0.05) is 0 Å². The minimum absolute atomic E-state index is 0.00698. The molecule has 0 N–H and O–H groups in total. The number of hydrogen-bond donors (Lipinski definition) is 0. The smallest absolute Gasteiger partial charge is 0.338 e. The van der Waals surface area contributed by atoms with Gasteiger partial charge in [0.15, 0.2) is 6.61 Å². The molecule has 0 radical (unpaired) electrons. The summed E-state index contributed by atoms with van der Waals surface area (Å²) in [7, 11) is 0. The van der Waals surface area contributed by atoms with Crippen molar-refractivity contribution in [2.75, 3.05) is 6.61 Å². The number of imide groups is 1. The highest BCUT2D eigenvalue weighted by atomic mass is 32.1. The van der Waals surface area contributed by atoms with Gasteiger partial charge in [-0.15, -0.1) is 11.3 Å². The van der Waals surface area contributed by atoms with Gasteiger partial charge in [0.2, 0.25) is 5.78 Å². The Bertz CT molecular complexity index is 1170. The first-order chi connectivity index (χ1) is 14.3. The average molecular weight is 423 g/mol. The van der Waals surface area contributed by atoms with E-state index in [-0.39, 0.29) is 29.0 Å². The summed E-state index contributed by atoms with van der Waals surface area (Å²) >= 11 is 1.50. The van der Waals surface area contributed by atoms with E-state index in [1.54, 1.807) is 18.2 Å². The molecule has 30 heavy (non-hydrogen) atoms. The van der Waals surface area contributed by atoms with Gasteiger partial charge >= 0.3 is 5.97 Å². The molecule has 1 aliphatic rings. The topological polar surface area (TPSA) is 93.9 Å². The number of hydrogen-bond acceptors (Lipinski definition) is 7. The van der Waals surface area contributed by atoms with E-state index in [9.17, 15) is 19.2 Å². The van der Waals surface area contributed by atoms with Crippen LogP contribution in [0.3, 0.4) is 0 Å². The highest BCUT2D eigenvalue weighted by molar-refractivity contribution is 7.12. The molecule has 1 aromatic carbocycles. The Hall–Kier alpha value is -3.52. The Morgan fingerprint density at radius 2 is 1.83 bits per heavy atom. The molecule has 7 nitrogen and oxygen atoms in total. The maximum atomic E-state index is 12.7. The first-order valence-electron chi connectivity index (χ1n) is 9.15. The number of fused-ring (bicyclic) bond motifs is 1. The van der Waals surface area contributed by atoms with E-state index < -0.39 is 24.4 Å². The zero-order valence-corrected chi connectivity index (χ0v) is 17.1. The van der Waals surface area contributed by atoms with Crippen LogP contribution in [0.1, 0.15) is 56.9 Å². The molecule has 0 bridgehead atoms. The molecule has 0 saturated heterocycles. The van der Waals surface area contributed by atoms with Crippen molar-refractivity contribution < 1.29 is 28.3 Å². The number of rotatable bonds is 6. The Morgan fingerprint density at radius 3 is 2.50 bits per heavy atom. The number of carbonyl (C=O) groups excluding carboxylic acids is 4. The van der Waals surface area contributed by atoms with Gasteiger partial charge in [0.05, 0.1) is 29.5 Å². The summed E-state index contributed by atoms with van der Waals surface area (Å²) in [6.45, 7) is 3.35. The molecule has 0 aliphatic carbocycles. The van der Waals surface area contributed by atoms with Crippen LogP contribution in [0.4, 0.5) is 0 Å². The average Bonchev–Trinajstić information content (AvgIpc) is 3.42. The second kappa shape index (κ2) is 7.72. The zero-order valence-electron chi connectivity index (χ0n) is 16.3. The molecule has 1 aliphatic heterocycles. The fourth-order valence-electron chi connectivity index (χ4n) is 3.32. The number of nitrogens with zero attached hydrogens (tertiary/aromatic N) is 1. The molecule has 4 rings (SSSR count). The van der Waals surface area contributed by atoms with E-state index in [1.165, 1.54) is 35.8 Å². The standard InChI is InChI=1S/C22H17NO6S/c1-12-8-17(13(2)30-12)19(24)11-29-22(27)14-5-6-16-18(9-14)21(26)23(20(16)25)10-15-4-3-7-28-15/h3-9H,10-11H2,1-2H3. The number of furan rings is 1. The summed E-state index contributed by atoms with van der Waals surface area (Å²) in [5.41, 5.74) is 0.967. The van der Waals surface area contributed by atoms with Crippen molar-refractivity contribution in [1.29, 1.82) is 0 Å². The molecule has 0 spiro atoms. The summed E-state index contributed by atoms with van der Waals surface area (Å²) in [5, 5.41) is 0. The van der Waals surface area contributed by atoms with Gasteiger partial charge in [-0.25, -0.2) is 4.79 Å². The van der Waals surface area contributed by atoms with Gasteiger partial charge in [0.25, 0.3) is 11.8 Å². The summed E-state index contributed by atoms with van der Waals surface area (Å²) in [5.74, 6) is -1.52. The van der Waals surface area contributed by atoms with Crippen molar-refractivity contribution in [2.45, 2.75) is 20.4 Å². The number of aryl methyl sites for hydroxylation is 2. The Labute approximate surface area is 175 Å². The predicted molar refractivity (Wildman–Crippen MR) is 108 cm³/mol. The van der Waals surface area contributed by atoms with E-state index in [4.69, 9.17) is 9.15 Å². The lowest BCUT2D eigenvalue weighted by Gasteiger charge is -2.11. The van der Waals surface area contributed by atoms with Crippen LogP contribution in [0.25, 0.3) is 0 Å². The number of esters is 1. The van der Waals surface area contributed by atoms with Crippen molar-refractivity contribution in [3.05, 3.63) is 80.4 Å². The highest BCUT2D eigenvalue weighted by Crippen LogP contribution is 2.26. The fraction of sp³-hybridized carbons (Fsp3) is 0.182. The van der Waals surface area contributed by atoms with Gasteiger partial charge in [-0.2, -0.15) is 0 Å². The normalized spacial score (nSPS) is 12.9. The molecule has 152 valence electrons. The maximum Gasteiger partial charge on any atom is 0.338 e. The van der Waals surface area contributed by atoms with Gasteiger partial charge in [-0.05, 0) is 50.2 Å². The molecule has 2 aromatic heterocycles. The van der Waals surface area contributed by atoms with E-state index in [1.807, 2.05) is 13.8 Å². The molecular weight excluding hydrogens is 406 g/mol. The third-order valence-corrected chi connectivity index (χ3v) is 5.74. The lowest BCUT2D eigenvalue weighted by atomic mass is 10.1. The summed E-state index contributed by atoms with van der Waals surface area (Å²) in [4.78, 5) is 52.8. The SMILES string of the molecule is Cc1cc(C(=O)COC(=O)c2ccc3c(c2)C(=O)N(Cc2ccco2)C3=O)c(C)s1. The van der Waals surface area contributed by atoms with Crippen LogP contribution in [-0.4, -0.2) is 35.1 Å². The predicted octanol–water partition coefficient (Wildman–Crippen LogP) is 3.79. The number of ether oxygens (including phenoxy) is 1. The summed E-state index contributed by atoms with van der Waals surface area (Å²) in [6.07, 6.45) is 1.46. The monoisotopic (exact) mass is 423 g/mol. The lowest BCUT2D eigenvalue weighted by Crippen LogP contribution is -2.28. The van der Waals surface area contributed by atoms with Gasteiger partial charge in [-0.3, -0.25) is 19.3 Å². The first-order valence-corrected chi connectivity index (χ1v) is 9.97. The molecule has 0 fully saturated rings. The van der Waals surface area contributed by atoms with Crippen LogP contribution in [0, 0.1) is 13.8 Å². The van der Waals surface area contributed by atoms with Crippen LogP contribution in [-0.2, 0) is 11.3 Å². The zero-order chi connectivity index (χ0) is 21.4. The minimum atomic E-state index is -0.736. The van der Waals surface area contributed by atoms with E-state index in [2.05, 4.69) is 0 Å². The van der Waals surface area contributed by atoms with Crippen LogP contribution in [0.15, 0.2) is 47.1 Å². The van der Waals surface area contributed by atoms with Crippen LogP contribution in [0.2, 0.25) is 0 Å². The van der Waals surface area contributed by atoms with Gasteiger partial charge in [0.1, 0.15) is 5.76 Å². The van der Waals surface area contributed by atoms with Gasteiger partial charge in [0, 0.05) is 15.3 Å². The lowest BCUT2D eigenvalue weighted by molar-refractivity contribution is 0.0474. The third kappa shape index (κ3) is 3.57. The molecule has 0 atom stereocenters. The van der Waals surface area contributed by atoms with Gasteiger partial charge < -0.3 is 9.15 Å². The maximum absolute atomic E-state index is 12.7. The van der Waals surface area contributed by atoms with Crippen molar-refractivity contribution >= 4 is 34.9 Å². The number of carbonyl (C=O) groups is 4. The largest absolute Gasteiger partial charge is 0.467 e. The molecule has 3 aromatic rings. The number of Topliss-reactive ketones (excluding diaryl/α,β-unsaturated/α-hetero) is 1. The van der Waals surface area contributed by atoms with Crippen molar-refractivity contribution in [2.24, 2.45) is 0 Å². The highest BCUT2D eigenvalue weighted by Gasteiger charge is 2.36. The molecule has 2 amide bonds. The summed E-state index contributed by atoms with van der Waals surface area (Å²) in [6, 6.07) is 9.26. The summed E-state index contributed by atoms with van der Waals surface area (Å²) < 4.78 is 10.3. The van der Waals surface area contributed by atoms with Crippen LogP contribution in [0.5, 0.6) is 0 Å². The number of thiophene rings is 1. The molecule has 0 saturated carbocycles. The Morgan fingerprint density at radius 1 is 1.07 bits per heavy atom. The number of ketones is 1. The van der Waals surface area contributed by atoms with E-state index in [0.717, 1.165) is 14.7 Å². The van der Waals surface area contributed by atoms with Crippen molar-refractivity contribution in [3.8, 4) is 0 Å². The molecule has 3 heterocycles. The molecular formula is C22H17NO6S. The molecule has 0 unspecified atom stereocenters. The Balaban J connectivity index is 1.47. The third-order valence-electron chi connectivity index (χ3n) is 4.78. The number of benzene rings is 1. The van der Waals surface area contributed by atoms with Crippen LogP contribution < -0.4 is 0 Å². The van der Waals surface area contributed by atoms with E-state index in [0.29, 0.717) is 11.3 Å². The second-order valence-electron chi connectivity index (χ2n) is 6.86. The molecule has 8 heteroatoms. The van der Waals surface area contributed by atoms with Crippen molar-refractivity contribution in [3.63, 3.8) is 0 Å². The quantitative estimate of drug-likeness (QED) is 0.340. The van der Waals surface area contributed by atoms with Crippen LogP contribution >= 0.6 is 11.3 Å². The number of amides is 2. The minimum Gasteiger partial charge on any atom is -0.467 e. The van der Waals surface area contributed by atoms with E-state index >= 15 is 0 Å². The fourth-order valence-corrected chi connectivity index (χ4v) is 4.26. The Kier molecular flexibility index (Phi) is 5.09. The van der Waals surface area contributed by atoms with Crippen molar-refractivity contribution in [1.82, 2.24) is 4.90 Å². The second-order valence-corrected chi connectivity index (χ2v) is 8.32.